The minimum Gasteiger partial charge on any atom is -0.435 e. The van der Waals surface area contributed by atoms with Crippen LogP contribution in [0.3, 0.4) is 0 Å². The molecule has 3 aromatic carbocycles. The molecule has 29 heavy (non-hydrogen) atoms. The van der Waals surface area contributed by atoms with Crippen LogP contribution in [-0.2, 0) is 10.0 Å². The van der Waals surface area contributed by atoms with E-state index in [1.54, 1.807) is 18.2 Å². The summed E-state index contributed by atoms with van der Waals surface area (Å²) in [6.45, 7) is 0. The molecule has 4 aromatic rings. The van der Waals surface area contributed by atoms with Crippen LogP contribution in [0.2, 0.25) is 0 Å². The van der Waals surface area contributed by atoms with Crippen molar-refractivity contribution >= 4 is 32.2 Å². The van der Waals surface area contributed by atoms with Gasteiger partial charge in [0.05, 0.1) is 11.8 Å². The molecule has 0 unspecified atom stereocenters. The molecular weight excluding hydrogens is 399 g/mol. The molecule has 0 bridgehead atoms. The zero-order valence-electron chi connectivity index (χ0n) is 15.7. The first-order valence-electron chi connectivity index (χ1n) is 8.91. The van der Waals surface area contributed by atoms with Crippen LogP contribution in [0.25, 0.3) is 34.0 Å². The second-order valence-electron chi connectivity index (χ2n) is 6.50. The van der Waals surface area contributed by atoms with Crippen molar-refractivity contribution in [2.75, 3.05) is 9.54 Å². The lowest BCUT2D eigenvalue weighted by Crippen LogP contribution is -2.27. The first-order valence-corrected chi connectivity index (χ1v) is 11.3. The third-order valence-corrected chi connectivity index (χ3v) is 6.78. The van der Waals surface area contributed by atoms with Crippen LogP contribution < -0.4 is 3.29 Å². The summed E-state index contributed by atoms with van der Waals surface area (Å²) >= 11 is 2.24. The molecule has 1 aromatic heterocycles. The third-order valence-electron chi connectivity index (χ3n) is 4.44. The molecule has 0 amide bonds. The number of aromatic nitrogens is 1. The summed E-state index contributed by atoms with van der Waals surface area (Å²) < 4.78 is 31.5. The summed E-state index contributed by atoms with van der Waals surface area (Å²) in [7, 11) is -3.47. The summed E-state index contributed by atoms with van der Waals surface area (Å²) in [5.41, 5.74) is 3.59. The highest BCUT2D eigenvalue weighted by atomic mass is 32.2. The fourth-order valence-corrected chi connectivity index (χ4v) is 3.78. The molecule has 7 heteroatoms. The average molecular weight is 416 g/mol. The number of anilines is 1. The number of rotatable bonds is 5. The Bertz CT molecular complexity index is 1180. The monoisotopic (exact) mass is 416 g/mol. The molecule has 0 fully saturated rings. The van der Waals surface area contributed by atoms with Crippen LogP contribution in [0.1, 0.15) is 0 Å². The van der Waals surface area contributed by atoms with Crippen molar-refractivity contribution in [3.63, 3.8) is 0 Å². The zero-order valence-corrected chi connectivity index (χ0v) is 17.7. The molecule has 0 atom stereocenters. The molecule has 0 aliphatic heterocycles. The molecule has 0 aliphatic rings. The van der Waals surface area contributed by atoms with Gasteiger partial charge in [-0.15, -0.1) is 0 Å². The maximum absolute atomic E-state index is 12.1. The second-order valence-corrected chi connectivity index (χ2v) is 9.25. The van der Waals surface area contributed by atoms with Gasteiger partial charge in [-0.05, 0) is 12.1 Å². The minimum atomic E-state index is -3.47. The number of hydrogen-bond donors (Lipinski definition) is 0. The molecule has 1 heterocycles. The van der Waals surface area contributed by atoms with Crippen molar-refractivity contribution in [2.24, 2.45) is 0 Å². The average Bonchev–Trinajstić information content (AvgIpc) is 3.19. The summed E-state index contributed by atoms with van der Waals surface area (Å²) in [5, 5.41) is 0. The maximum Gasteiger partial charge on any atom is 0.338 e. The van der Waals surface area contributed by atoms with Gasteiger partial charge < -0.3 is 7.71 Å². The molecule has 0 spiro atoms. The largest absolute Gasteiger partial charge is 0.435 e. The molecule has 2 radical (unpaired) electrons. The van der Waals surface area contributed by atoms with Gasteiger partial charge in [-0.25, -0.2) is 13.4 Å². The number of sulfonamides is 1. The lowest BCUT2D eigenvalue weighted by Gasteiger charge is -2.21. The molecule has 0 aliphatic carbocycles. The van der Waals surface area contributed by atoms with Crippen LogP contribution in [-0.4, -0.2) is 36.2 Å². The number of para-hydroxylation sites is 1. The van der Waals surface area contributed by atoms with E-state index in [1.807, 2.05) is 66.7 Å². The van der Waals surface area contributed by atoms with Gasteiger partial charge in [-0.3, -0.25) is 0 Å². The van der Waals surface area contributed by atoms with E-state index in [0.717, 1.165) is 20.7 Å². The molecule has 4 rings (SSSR count). The van der Waals surface area contributed by atoms with Crippen LogP contribution in [0, 0.1) is 0 Å². The number of benzene rings is 3. The molecule has 5 nitrogen and oxygen atoms in total. The van der Waals surface area contributed by atoms with E-state index in [1.165, 1.54) is 0 Å². The molecule has 0 saturated carbocycles. The van der Waals surface area contributed by atoms with E-state index in [4.69, 9.17) is 9.40 Å². The Balaban J connectivity index is 1.93. The number of nitrogens with zero attached hydrogens (tertiary/aromatic N) is 2. The first-order chi connectivity index (χ1) is 13.9. The van der Waals surface area contributed by atoms with Crippen molar-refractivity contribution in [1.29, 1.82) is 0 Å². The van der Waals surface area contributed by atoms with Gasteiger partial charge in [-0.1, -0.05) is 72.8 Å². The highest BCUT2D eigenvalue weighted by Crippen LogP contribution is 2.38. The second kappa shape index (κ2) is 7.88. The zero-order chi connectivity index (χ0) is 20.4. The molecular formula is C22H17AlN2O3S. The van der Waals surface area contributed by atoms with E-state index < -0.39 is 10.0 Å². The van der Waals surface area contributed by atoms with Gasteiger partial charge in [-0.2, -0.15) is 0 Å². The Hall–Kier alpha value is -2.85. The maximum atomic E-state index is 12.1. The summed E-state index contributed by atoms with van der Waals surface area (Å²) in [5.74, 6) is 0.991. The summed E-state index contributed by atoms with van der Waals surface area (Å²) in [6, 6.07) is 26.6. The van der Waals surface area contributed by atoms with Gasteiger partial charge >= 0.3 is 16.5 Å². The van der Waals surface area contributed by atoms with Gasteiger partial charge in [0.2, 0.25) is 15.9 Å². The smallest absolute Gasteiger partial charge is 0.338 e. The van der Waals surface area contributed by atoms with Gasteiger partial charge in [0.1, 0.15) is 5.69 Å². The number of hydrogen-bond acceptors (Lipinski definition) is 4. The van der Waals surface area contributed by atoms with Crippen LogP contribution in [0.5, 0.6) is 0 Å². The van der Waals surface area contributed by atoms with Crippen LogP contribution >= 0.6 is 0 Å². The Morgan fingerprint density at radius 1 is 0.828 bits per heavy atom. The van der Waals surface area contributed by atoms with E-state index in [0.29, 0.717) is 28.6 Å². The Kier molecular flexibility index (Phi) is 5.29. The summed E-state index contributed by atoms with van der Waals surface area (Å²) in [4.78, 5) is 4.75. The standard InChI is InChI=1S/C22H17N2O3S.Al/c1-28(25,26)24-19-15-9-8-14-18(19)22-23-20(16-10-4-2-5-11-16)21(27-22)17-12-6-3-7-13-17;/h2-15H,1H3;/q-1;+1. The Morgan fingerprint density at radius 2 is 1.38 bits per heavy atom. The molecule has 142 valence electrons. The third kappa shape index (κ3) is 3.99. The highest BCUT2D eigenvalue weighted by Gasteiger charge is 2.22. The van der Waals surface area contributed by atoms with Gasteiger partial charge in [0, 0.05) is 16.8 Å². The molecule has 0 N–H and O–H groups in total. The lowest BCUT2D eigenvalue weighted by molar-refractivity contribution is 0.589. The Labute approximate surface area is 178 Å². The van der Waals surface area contributed by atoms with E-state index in [-0.39, 0.29) is 0 Å². The van der Waals surface area contributed by atoms with Crippen LogP contribution in [0.15, 0.2) is 89.3 Å². The SMILES string of the molecule is CS(=O)(=O)[N]([Al])c1ccccc1-c1nc(-c2ccccc2)c(-c2ccccc2)o1. The van der Waals surface area contributed by atoms with Crippen molar-refractivity contribution in [3.05, 3.63) is 84.9 Å². The van der Waals surface area contributed by atoms with Crippen molar-refractivity contribution in [1.82, 2.24) is 4.98 Å². The van der Waals surface area contributed by atoms with Gasteiger partial charge in [0.15, 0.2) is 5.76 Å². The summed E-state index contributed by atoms with van der Waals surface area (Å²) in [6.07, 6.45) is 1.15. The normalized spacial score (nSPS) is 11.3. The predicted octanol–water partition coefficient (Wildman–Crippen LogP) is 4.53. The van der Waals surface area contributed by atoms with Gasteiger partial charge in [0.25, 0.3) is 0 Å². The first kappa shape index (κ1) is 19.5. The van der Waals surface area contributed by atoms with E-state index >= 15 is 0 Å². The Morgan fingerprint density at radius 3 is 2.00 bits per heavy atom. The minimum absolute atomic E-state index is 0.356. The fraction of sp³-hybridized carbons (Fsp3) is 0.0455. The predicted molar refractivity (Wildman–Crippen MR) is 116 cm³/mol. The van der Waals surface area contributed by atoms with Crippen molar-refractivity contribution in [3.8, 4) is 34.0 Å². The van der Waals surface area contributed by atoms with E-state index in [2.05, 4.69) is 16.5 Å². The quantitative estimate of drug-likeness (QED) is 0.449. The van der Waals surface area contributed by atoms with Crippen molar-refractivity contribution in [2.45, 2.75) is 0 Å². The number of oxazole rings is 1. The topological polar surface area (TPSA) is 63.4 Å². The van der Waals surface area contributed by atoms with E-state index in [9.17, 15) is 8.42 Å². The fourth-order valence-electron chi connectivity index (χ4n) is 3.04. The molecule has 0 saturated heterocycles. The lowest BCUT2D eigenvalue weighted by atomic mass is 10.1. The van der Waals surface area contributed by atoms with Crippen molar-refractivity contribution < 1.29 is 12.8 Å². The highest BCUT2D eigenvalue weighted by molar-refractivity contribution is 7.93. The van der Waals surface area contributed by atoms with Crippen LogP contribution in [0.4, 0.5) is 5.69 Å².